The first-order valence-corrected chi connectivity index (χ1v) is 48.1. The largest absolute Gasteiger partial charge is 0.456 e. The molecule has 0 amide bonds. The Morgan fingerprint density at radius 3 is 1.36 bits per heavy atom. The minimum Gasteiger partial charge on any atom is -0.456 e. The van der Waals surface area contributed by atoms with Crippen molar-refractivity contribution < 1.29 is 4.42 Å². The van der Waals surface area contributed by atoms with E-state index in [1.807, 2.05) is 23.5 Å². The highest BCUT2D eigenvalue weighted by atomic mass is 32.1. The maximum atomic E-state index is 6.09. The summed E-state index contributed by atoms with van der Waals surface area (Å²) in [6.45, 7) is 27.3. The zero-order valence-electron chi connectivity index (χ0n) is 78.4. The van der Waals surface area contributed by atoms with Gasteiger partial charge >= 0.3 is 0 Å². The van der Waals surface area contributed by atoms with E-state index >= 15 is 0 Å². The Kier molecular flexibility index (Phi) is 20.5. The summed E-state index contributed by atoms with van der Waals surface area (Å²) in [5, 5.41) is 15.4. The van der Waals surface area contributed by atoms with Crippen LogP contribution in [-0.2, 0) is 16.2 Å². The summed E-state index contributed by atoms with van der Waals surface area (Å²) in [7, 11) is 0. The van der Waals surface area contributed by atoms with E-state index in [0.717, 1.165) is 21.9 Å². The van der Waals surface area contributed by atoms with Crippen molar-refractivity contribution in [2.45, 2.75) is 99.3 Å². The van der Waals surface area contributed by atoms with Crippen LogP contribution in [0.1, 0.15) is 95.7 Å². The van der Waals surface area contributed by atoms with Crippen molar-refractivity contribution in [1.29, 1.82) is 0 Å². The highest BCUT2D eigenvalue weighted by Crippen LogP contribution is 2.49. The highest BCUT2D eigenvalue weighted by molar-refractivity contribution is 7.26. The SMILES string of the molecule is Cc1ccc2c(c1)c1cc(C(C)(C)C)ccc1n2-c1ccccc1-c1cccc(-c2ccc3oc4ccccc4c3c2)c1.Cc1ccc2c3ccc(C(C)(C)C)cc3n(-c3ccccc3-c3cccc(-c4cccc5sc6ccccc6c45)c3)c2c1.Cc1cccc2c1c1c(C(C)(C)C)cccc1n2-c1ccccc1-c1ccc(-c2cccc3c4ccccc4n(-c4ccccc4)c23)cc1. The Labute approximate surface area is 792 Å². The molecule has 25 aromatic rings. The number of aryl methyl sites for hydroxylation is 3. The summed E-state index contributed by atoms with van der Waals surface area (Å²) in [6, 6.07) is 151. The van der Waals surface area contributed by atoms with Gasteiger partial charge in [-0.15, -0.1) is 11.3 Å². The van der Waals surface area contributed by atoms with Gasteiger partial charge in [0, 0.05) is 102 Å². The predicted octanol–water partition coefficient (Wildman–Crippen LogP) is 36.5. The summed E-state index contributed by atoms with van der Waals surface area (Å²) >= 11 is 1.87. The van der Waals surface area contributed by atoms with Crippen LogP contribution in [0.2, 0.25) is 0 Å². The molecule has 0 atom stereocenters. The van der Waals surface area contributed by atoms with E-state index in [1.54, 1.807) is 0 Å². The maximum Gasteiger partial charge on any atom is 0.135 e. The molecule has 0 aliphatic carbocycles. The maximum absolute atomic E-state index is 6.09. The van der Waals surface area contributed by atoms with Gasteiger partial charge in [-0.2, -0.15) is 0 Å². The number of para-hydroxylation sites is 7. The molecule has 6 heterocycles. The zero-order valence-corrected chi connectivity index (χ0v) is 79.2. The number of nitrogens with zero attached hydrogens (tertiary/aromatic N) is 4. The molecule has 0 fully saturated rings. The van der Waals surface area contributed by atoms with Gasteiger partial charge in [0.15, 0.2) is 0 Å². The molecule has 652 valence electrons. The third kappa shape index (κ3) is 14.6. The topological polar surface area (TPSA) is 32.9 Å². The molecular formula is C129H104N4OS. The average molecular weight is 1760 g/mol. The Bertz CT molecular complexity index is 9020. The number of benzene rings is 19. The fourth-order valence-corrected chi connectivity index (χ4v) is 22.3. The number of fused-ring (bicyclic) bond motifs is 18. The van der Waals surface area contributed by atoms with Crippen molar-refractivity contribution in [2.75, 3.05) is 0 Å². The van der Waals surface area contributed by atoms with Crippen LogP contribution in [0.4, 0.5) is 0 Å². The molecule has 0 spiro atoms. The van der Waals surface area contributed by atoms with E-state index in [4.69, 9.17) is 4.42 Å². The van der Waals surface area contributed by atoms with Crippen molar-refractivity contribution >= 4 is 141 Å². The molecule has 0 unspecified atom stereocenters. The Morgan fingerprint density at radius 2 is 0.659 bits per heavy atom. The Hall–Kier alpha value is -15.6. The molecule has 5 nitrogen and oxygen atoms in total. The number of thiophene rings is 1. The minimum atomic E-state index is 0.0192. The van der Waals surface area contributed by atoms with Gasteiger partial charge in [0.1, 0.15) is 11.2 Å². The van der Waals surface area contributed by atoms with Crippen LogP contribution >= 0.6 is 11.3 Å². The normalized spacial score (nSPS) is 12.1. The van der Waals surface area contributed by atoms with Gasteiger partial charge in [-0.05, 0) is 237 Å². The molecule has 0 aliphatic rings. The Balaban J connectivity index is 0.000000114. The van der Waals surface area contributed by atoms with E-state index < -0.39 is 0 Å². The van der Waals surface area contributed by atoms with Gasteiger partial charge in [0.2, 0.25) is 0 Å². The molecule has 0 bridgehead atoms. The number of aromatic nitrogens is 4. The lowest BCUT2D eigenvalue weighted by atomic mass is 9.84. The van der Waals surface area contributed by atoms with Crippen molar-refractivity contribution in [3.05, 3.63) is 446 Å². The van der Waals surface area contributed by atoms with Gasteiger partial charge < -0.3 is 22.7 Å². The standard InChI is InChI=1S/C47H38N2.C41H33NO.C41H33NS/c1-31-15-12-25-42-44(31)45-39(47(2,3)4)22-14-26-43(45)49(42)40-23-10-8-18-35(40)32-27-29-33(30-28-32)36-20-13-21-38-37-19-9-11-24-41(37)48(46(36)38)34-16-6-5-7-17-34;1-26-16-19-37-33(22-26)34-25-30(41(2,3)4)18-20-38(34)42(37)36-14-7-5-12-31(36)29-11-9-10-27(23-29)28-17-21-40-35(24-28)32-13-6-8-15-39(32)43-40;1-26-19-21-32-33-22-20-29(41(2,3)4)25-37(33)42(36(32)23-26)35-16-7-5-13-30(35)27-11-9-12-28(24-27)31-15-10-18-39-40(31)34-14-6-8-17-38(34)43-39/h5-30H,1-4H3;2*5-25H,1-4H3. The molecule has 0 N–H and O–H groups in total. The predicted molar refractivity (Wildman–Crippen MR) is 580 cm³/mol. The number of rotatable bonds is 10. The van der Waals surface area contributed by atoms with Crippen LogP contribution in [0, 0.1) is 20.8 Å². The quantitative estimate of drug-likeness (QED) is 0.134. The van der Waals surface area contributed by atoms with Gasteiger partial charge in [-0.3, -0.25) is 0 Å². The van der Waals surface area contributed by atoms with Crippen LogP contribution in [0.5, 0.6) is 0 Å². The van der Waals surface area contributed by atoms with Crippen molar-refractivity contribution in [3.8, 4) is 89.5 Å². The molecule has 0 aliphatic heterocycles. The van der Waals surface area contributed by atoms with Crippen LogP contribution < -0.4 is 0 Å². The average Bonchev–Trinajstić information content (AvgIpc) is 1.59. The van der Waals surface area contributed by atoms with E-state index in [9.17, 15) is 0 Å². The van der Waals surface area contributed by atoms with Crippen LogP contribution in [-0.4, -0.2) is 18.3 Å². The molecule has 6 heteroatoms. The molecule has 25 rings (SSSR count). The zero-order chi connectivity index (χ0) is 91.9. The molecule has 19 aromatic carbocycles. The lowest BCUT2D eigenvalue weighted by Crippen LogP contribution is -2.11. The first-order chi connectivity index (χ1) is 65.6. The summed E-state index contributed by atoms with van der Waals surface area (Å²) < 4.78 is 18.6. The molecule has 0 saturated heterocycles. The van der Waals surface area contributed by atoms with E-state index in [-0.39, 0.29) is 16.2 Å². The van der Waals surface area contributed by atoms with Gasteiger partial charge in [-0.1, -0.05) is 353 Å². The third-order valence-electron chi connectivity index (χ3n) is 27.8. The molecule has 0 saturated carbocycles. The summed E-state index contributed by atoms with van der Waals surface area (Å²) in [5.74, 6) is 0. The fourth-order valence-electron chi connectivity index (χ4n) is 21.2. The van der Waals surface area contributed by atoms with E-state index in [1.165, 1.54) is 230 Å². The van der Waals surface area contributed by atoms with E-state index in [2.05, 4.69) is 502 Å². The van der Waals surface area contributed by atoms with Crippen molar-refractivity contribution in [2.24, 2.45) is 0 Å². The van der Waals surface area contributed by atoms with Gasteiger partial charge in [0.25, 0.3) is 0 Å². The number of hydrogen-bond acceptors (Lipinski definition) is 2. The minimum absolute atomic E-state index is 0.0192. The first-order valence-electron chi connectivity index (χ1n) is 47.3. The lowest BCUT2D eigenvalue weighted by molar-refractivity contribution is 0.590. The molecule has 0 radical (unpaired) electrons. The monoisotopic (exact) mass is 1760 g/mol. The molecular weight excluding hydrogens is 1650 g/mol. The molecule has 6 aromatic heterocycles. The van der Waals surface area contributed by atoms with Gasteiger partial charge in [-0.25, -0.2) is 0 Å². The fraction of sp³-hybridized carbons (Fsp3) is 0.116. The van der Waals surface area contributed by atoms with Crippen LogP contribution in [0.25, 0.3) is 219 Å². The molecule has 135 heavy (non-hydrogen) atoms. The van der Waals surface area contributed by atoms with Crippen molar-refractivity contribution in [1.82, 2.24) is 18.3 Å². The smallest absolute Gasteiger partial charge is 0.135 e. The summed E-state index contributed by atoms with van der Waals surface area (Å²) in [6.07, 6.45) is 0. The van der Waals surface area contributed by atoms with Crippen molar-refractivity contribution in [3.63, 3.8) is 0 Å². The Morgan fingerprint density at radius 1 is 0.222 bits per heavy atom. The second-order valence-corrected chi connectivity index (χ2v) is 40.8. The van der Waals surface area contributed by atoms with Crippen LogP contribution in [0.3, 0.4) is 0 Å². The summed E-state index contributed by atoms with van der Waals surface area (Å²) in [5.41, 5.74) is 39.2. The second kappa shape index (κ2) is 33.0. The number of hydrogen-bond donors (Lipinski definition) is 0. The lowest BCUT2D eigenvalue weighted by Gasteiger charge is -2.21. The van der Waals surface area contributed by atoms with E-state index in [0.29, 0.717) is 0 Å². The number of furan rings is 1. The van der Waals surface area contributed by atoms with Crippen LogP contribution in [0.15, 0.2) is 417 Å². The van der Waals surface area contributed by atoms with Gasteiger partial charge in [0.05, 0.1) is 61.2 Å². The first kappa shape index (κ1) is 83.7. The second-order valence-electron chi connectivity index (χ2n) is 39.7. The summed E-state index contributed by atoms with van der Waals surface area (Å²) in [4.78, 5) is 0. The highest BCUT2D eigenvalue weighted by Gasteiger charge is 2.28. The third-order valence-corrected chi connectivity index (χ3v) is 29.0.